The van der Waals surface area contributed by atoms with Crippen LogP contribution in [0.1, 0.15) is 16.7 Å². The summed E-state index contributed by atoms with van der Waals surface area (Å²) in [4.78, 5) is 0.0311. The average Bonchev–Trinajstić information content (AvgIpc) is 2.40. The van der Waals surface area contributed by atoms with Crippen molar-refractivity contribution in [3.05, 3.63) is 58.1 Å². The smallest absolute Gasteiger partial charge is 0.263 e. The molecule has 0 spiro atoms. The van der Waals surface area contributed by atoms with Crippen molar-refractivity contribution < 1.29 is 13.5 Å². The Kier molecular flexibility index (Phi) is 4.56. The molecule has 0 saturated heterocycles. The van der Waals surface area contributed by atoms with E-state index in [9.17, 15) is 8.42 Å². The first kappa shape index (κ1) is 15.8. The topological polar surface area (TPSA) is 66.4 Å². The summed E-state index contributed by atoms with van der Waals surface area (Å²) in [7, 11) is -3.77. The van der Waals surface area contributed by atoms with Gasteiger partial charge in [-0.15, -0.1) is 0 Å². The van der Waals surface area contributed by atoms with Gasteiger partial charge in [-0.1, -0.05) is 29.8 Å². The van der Waals surface area contributed by atoms with Gasteiger partial charge in [0.2, 0.25) is 0 Å². The first-order valence-electron chi connectivity index (χ1n) is 6.33. The van der Waals surface area contributed by atoms with Gasteiger partial charge >= 0.3 is 0 Å². The lowest BCUT2D eigenvalue weighted by Gasteiger charge is -2.13. The fraction of sp³-hybridized carbons (Fsp3) is 0.200. The third-order valence-electron chi connectivity index (χ3n) is 3.11. The molecule has 0 bridgehead atoms. The summed E-state index contributed by atoms with van der Waals surface area (Å²) in [5, 5.41) is 9.32. The summed E-state index contributed by atoms with van der Waals surface area (Å²) >= 11 is 6.02. The van der Waals surface area contributed by atoms with Crippen molar-refractivity contribution in [3.63, 3.8) is 0 Å². The molecule has 0 amide bonds. The molecule has 0 atom stereocenters. The largest absolute Gasteiger partial charge is 0.392 e. The third-order valence-corrected chi connectivity index (χ3v) is 4.95. The molecule has 0 fully saturated rings. The van der Waals surface area contributed by atoms with Crippen LogP contribution in [-0.4, -0.2) is 13.5 Å². The standard InChI is InChI=1S/C15H16ClNO3S/c1-10-3-6-15(13(16)7-10)21(19,20)17-14-8-12(9-18)5-4-11(14)2/h3-8,17-18H,9H2,1-2H3. The number of anilines is 1. The van der Waals surface area contributed by atoms with Crippen molar-refractivity contribution in [2.45, 2.75) is 25.3 Å². The summed E-state index contributed by atoms with van der Waals surface area (Å²) < 4.78 is 27.4. The van der Waals surface area contributed by atoms with Gasteiger partial charge in [0.25, 0.3) is 10.0 Å². The summed E-state index contributed by atoms with van der Waals surface area (Å²) in [6, 6.07) is 9.87. The number of rotatable bonds is 4. The van der Waals surface area contributed by atoms with E-state index in [1.54, 1.807) is 37.3 Å². The predicted octanol–water partition coefficient (Wildman–Crippen LogP) is 3.25. The van der Waals surface area contributed by atoms with E-state index in [-0.39, 0.29) is 16.5 Å². The maximum atomic E-state index is 12.4. The normalized spacial score (nSPS) is 11.4. The number of aliphatic hydroxyl groups excluding tert-OH is 1. The lowest BCUT2D eigenvalue weighted by molar-refractivity contribution is 0.282. The lowest BCUT2D eigenvalue weighted by Crippen LogP contribution is -2.14. The molecule has 0 saturated carbocycles. The fourth-order valence-corrected chi connectivity index (χ4v) is 3.62. The average molecular weight is 326 g/mol. The first-order valence-corrected chi connectivity index (χ1v) is 8.19. The first-order chi connectivity index (χ1) is 9.83. The van der Waals surface area contributed by atoms with E-state index in [1.165, 1.54) is 6.07 Å². The van der Waals surface area contributed by atoms with Crippen LogP contribution in [-0.2, 0) is 16.6 Å². The summed E-state index contributed by atoms with van der Waals surface area (Å²) in [5.74, 6) is 0. The number of sulfonamides is 1. The number of benzene rings is 2. The Balaban J connectivity index is 2.42. The highest BCUT2D eigenvalue weighted by atomic mass is 35.5. The highest BCUT2D eigenvalue weighted by molar-refractivity contribution is 7.92. The zero-order valence-electron chi connectivity index (χ0n) is 11.7. The summed E-state index contributed by atoms with van der Waals surface area (Å²) in [5.41, 5.74) is 2.71. The van der Waals surface area contributed by atoms with Crippen LogP contribution < -0.4 is 4.72 Å². The predicted molar refractivity (Wildman–Crippen MR) is 84.1 cm³/mol. The Bertz CT molecular complexity index is 772. The zero-order chi connectivity index (χ0) is 15.6. The lowest BCUT2D eigenvalue weighted by atomic mass is 10.1. The van der Waals surface area contributed by atoms with Crippen molar-refractivity contribution in [1.82, 2.24) is 0 Å². The molecule has 4 nitrogen and oxygen atoms in total. The Morgan fingerprint density at radius 3 is 2.48 bits per heavy atom. The van der Waals surface area contributed by atoms with Crippen LogP contribution >= 0.6 is 11.6 Å². The monoisotopic (exact) mass is 325 g/mol. The zero-order valence-corrected chi connectivity index (χ0v) is 13.3. The minimum Gasteiger partial charge on any atom is -0.392 e. The third kappa shape index (κ3) is 3.56. The van der Waals surface area contributed by atoms with Gasteiger partial charge in [0, 0.05) is 0 Å². The van der Waals surface area contributed by atoms with Gasteiger partial charge in [-0.2, -0.15) is 0 Å². The highest BCUT2D eigenvalue weighted by Gasteiger charge is 2.19. The van der Waals surface area contributed by atoms with Crippen LogP contribution in [0.4, 0.5) is 5.69 Å². The molecule has 0 heterocycles. The molecule has 2 aromatic carbocycles. The number of halogens is 1. The second kappa shape index (κ2) is 6.05. The van der Waals surface area contributed by atoms with E-state index in [2.05, 4.69) is 4.72 Å². The Morgan fingerprint density at radius 1 is 1.14 bits per heavy atom. The number of nitrogens with one attached hydrogen (secondary N) is 1. The van der Waals surface area contributed by atoms with E-state index >= 15 is 0 Å². The fourth-order valence-electron chi connectivity index (χ4n) is 1.90. The maximum Gasteiger partial charge on any atom is 0.263 e. The molecule has 0 unspecified atom stereocenters. The van der Waals surface area contributed by atoms with Gasteiger partial charge in [-0.05, 0) is 48.7 Å². The van der Waals surface area contributed by atoms with Crippen LogP contribution in [0.25, 0.3) is 0 Å². The molecule has 6 heteroatoms. The van der Waals surface area contributed by atoms with E-state index in [0.29, 0.717) is 11.3 Å². The van der Waals surface area contributed by atoms with E-state index in [1.807, 2.05) is 6.92 Å². The van der Waals surface area contributed by atoms with Crippen LogP contribution in [0.15, 0.2) is 41.3 Å². The van der Waals surface area contributed by atoms with Gasteiger partial charge in [-0.3, -0.25) is 4.72 Å². The van der Waals surface area contributed by atoms with Crippen molar-refractivity contribution in [2.75, 3.05) is 4.72 Å². The van der Waals surface area contributed by atoms with E-state index in [4.69, 9.17) is 16.7 Å². The molecule has 21 heavy (non-hydrogen) atoms. The minimum absolute atomic E-state index is 0.0311. The van der Waals surface area contributed by atoms with Gasteiger partial charge in [-0.25, -0.2) is 8.42 Å². The molecule has 112 valence electrons. The van der Waals surface area contributed by atoms with Crippen molar-refractivity contribution in [3.8, 4) is 0 Å². The summed E-state index contributed by atoms with van der Waals surface area (Å²) in [6.45, 7) is 3.47. The molecule has 0 aliphatic rings. The second-order valence-electron chi connectivity index (χ2n) is 4.85. The van der Waals surface area contributed by atoms with E-state index in [0.717, 1.165) is 11.1 Å². The van der Waals surface area contributed by atoms with Crippen LogP contribution in [0.3, 0.4) is 0 Å². The molecule has 0 aromatic heterocycles. The molecular formula is C15H16ClNO3S. The van der Waals surface area contributed by atoms with E-state index < -0.39 is 10.0 Å². The number of aryl methyl sites for hydroxylation is 2. The van der Waals surface area contributed by atoms with Gasteiger partial charge < -0.3 is 5.11 Å². The van der Waals surface area contributed by atoms with Crippen molar-refractivity contribution in [1.29, 1.82) is 0 Å². The van der Waals surface area contributed by atoms with Crippen LogP contribution in [0, 0.1) is 13.8 Å². The van der Waals surface area contributed by atoms with Crippen molar-refractivity contribution in [2.24, 2.45) is 0 Å². The number of hydrogen-bond donors (Lipinski definition) is 2. The summed E-state index contributed by atoms with van der Waals surface area (Å²) in [6.07, 6.45) is 0. The number of aliphatic hydroxyl groups is 1. The van der Waals surface area contributed by atoms with Gasteiger partial charge in [0.15, 0.2) is 0 Å². The van der Waals surface area contributed by atoms with Crippen LogP contribution in [0.2, 0.25) is 5.02 Å². The second-order valence-corrected chi connectivity index (χ2v) is 6.90. The van der Waals surface area contributed by atoms with Gasteiger partial charge in [0.05, 0.1) is 17.3 Å². The quantitative estimate of drug-likeness (QED) is 0.906. The molecule has 2 N–H and O–H groups in total. The molecule has 0 aliphatic heterocycles. The molecule has 0 aliphatic carbocycles. The Labute approximate surface area is 129 Å². The molecule has 2 rings (SSSR count). The maximum absolute atomic E-state index is 12.4. The van der Waals surface area contributed by atoms with Gasteiger partial charge in [0.1, 0.15) is 4.90 Å². The minimum atomic E-state index is -3.77. The SMILES string of the molecule is Cc1ccc(S(=O)(=O)Nc2cc(CO)ccc2C)c(Cl)c1. The molecule has 0 radical (unpaired) electrons. The van der Waals surface area contributed by atoms with Crippen LogP contribution in [0.5, 0.6) is 0 Å². The Hall–Kier alpha value is -1.56. The Morgan fingerprint density at radius 2 is 1.86 bits per heavy atom. The van der Waals surface area contributed by atoms with Crippen molar-refractivity contribution >= 4 is 27.3 Å². The molecule has 2 aromatic rings. The highest BCUT2D eigenvalue weighted by Crippen LogP contribution is 2.26. The molecular weight excluding hydrogens is 310 g/mol. The number of hydrogen-bond acceptors (Lipinski definition) is 3.